The fraction of sp³-hybridized carbons (Fsp3) is 0.357. The minimum Gasteiger partial charge on any atom is -0.341 e. The standard InChI is InChI=1S/C14H17N5/c1-9(2)6-14-16-12-7-11(15-8-13(12)17-14)10-4-5-19(3)18-10/h4-5,7-9H,6H2,1-3H3,(H,16,17). The van der Waals surface area contributed by atoms with Gasteiger partial charge in [0.25, 0.3) is 0 Å². The second kappa shape index (κ2) is 4.50. The van der Waals surface area contributed by atoms with Crippen LogP contribution in [0.25, 0.3) is 22.4 Å². The zero-order valence-electron chi connectivity index (χ0n) is 11.4. The Kier molecular flexibility index (Phi) is 2.81. The van der Waals surface area contributed by atoms with E-state index in [0.717, 1.165) is 34.7 Å². The lowest BCUT2D eigenvalue weighted by molar-refractivity contribution is 0.627. The normalized spacial score (nSPS) is 11.6. The molecule has 5 heteroatoms. The summed E-state index contributed by atoms with van der Waals surface area (Å²) in [6, 6.07) is 3.94. The molecule has 0 radical (unpaired) electrons. The summed E-state index contributed by atoms with van der Waals surface area (Å²) in [4.78, 5) is 12.4. The fourth-order valence-corrected chi connectivity index (χ4v) is 2.14. The first-order chi connectivity index (χ1) is 9.11. The van der Waals surface area contributed by atoms with E-state index >= 15 is 0 Å². The lowest BCUT2D eigenvalue weighted by Crippen LogP contribution is -1.95. The summed E-state index contributed by atoms with van der Waals surface area (Å²) in [5.41, 5.74) is 3.66. The summed E-state index contributed by atoms with van der Waals surface area (Å²) in [5, 5.41) is 4.36. The molecule has 0 saturated carbocycles. The molecule has 98 valence electrons. The highest BCUT2D eigenvalue weighted by atomic mass is 15.2. The third-order valence-electron chi connectivity index (χ3n) is 2.99. The van der Waals surface area contributed by atoms with Crippen LogP contribution in [0.4, 0.5) is 0 Å². The zero-order chi connectivity index (χ0) is 13.4. The Morgan fingerprint density at radius 3 is 2.84 bits per heavy atom. The van der Waals surface area contributed by atoms with Crippen LogP contribution in [-0.2, 0) is 13.5 Å². The first kappa shape index (κ1) is 11.9. The quantitative estimate of drug-likeness (QED) is 0.782. The van der Waals surface area contributed by atoms with E-state index in [1.807, 2.05) is 31.6 Å². The van der Waals surface area contributed by atoms with Gasteiger partial charge in [-0.25, -0.2) is 4.98 Å². The molecule has 0 aliphatic carbocycles. The van der Waals surface area contributed by atoms with Gasteiger partial charge in [0.15, 0.2) is 0 Å². The second-order valence-electron chi connectivity index (χ2n) is 5.24. The summed E-state index contributed by atoms with van der Waals surface area (Å²) >= 11 is 0. The monoisotopic (exact) mass is 255 g/mol. The fourth-order valence-electron chi connectivity index (χ4n) is 2.14. The maximum Gasteiger partial charge on any atom is 0.111 e. The molecule has 0 saturated heterocycles. The molecule has 0 amide bonds. The van der Waals surface area contributed by atoms with Gasteiger partial charge in [-0.2, -0.15) is 5.10 Å². The van der Waals surface area contributed by atoms with Crippen molar-refractivity contribution in [1.82, 2.24) is 24.7 Å². The van der Waals surface area contributed by atoms with Crippen LogP contribution < -0.4 is 0 Å². The first-order valence-corrected chi connectivity index (χ1v) is 6.46. The predicted octanol–water partition coefficient (Wildman–Crippen LogP) is 2.56. The van der Waals surface area contributed by atoms with Crippen molar-refractivity contribution in [2.45, 2.75) is 20.3 Å². The number of rotatable bonds is 3. The number of aromatic nitrogens is 5. The van der Waals surface area contributed by atoms with Crippen molar-refractivity contribution < 1.29 is 0 Å². The largest absolute Gasteiger partial charge is 0.341 e. The van der Waals surface area contributed by atoms with Crippen LogP contribution in [0.5, 0.6) is 0 Å². The van der Waals surface area contributed by atoms with Crippen molar-refractivity contribution in [1.29, 1.82) is 0 Å². The van der Waals surface area contributed by atoms with Crippen LogP contribution in [0.1, 0.15) is 19.7 Å². The van der Waals surface area contributed by atoms with E-state index in [1.165, 1.54) is 0 Å². The van der Waals surface area contributed by atoms with Crippen molar-refractivity contribution in [3.8, 4) is 11.4 Å². The Morgan fingerprint density at radius 1 is 1.32 bits per heavy atom. The van der Waals surface area contributed by atoms with Gasteiger partial charge >= 0.3 is 0 Å². The Balaban J connectivity index is 2.00. The third-order valence-corrected chi connectivity index (χ3v) is 2.99. The van der Waals surface area contributed by atoms with Crippen LogP contribution in [0.2, 0.25) is 0 Å². The van der Waals surface area contributed by atoms with Crippen LogP contribution in [0.3, 0.4) is 0 Å². The molecule has 1 N–H and O–H groups in total. The van der Waals surface area contributed by atoms with Gasteiger partial charge in [-0.1, -0.05) is 13.8 Å². The van der Waals surface area contributed by atoms with Gasteiger partial charge in [-0.05, 0) is 18.1 Å². The molecule has 3 rings (SSSR count). The van der Waals surface area contributed by atoms with E-state index < -0.39 is 0 Å². The summed E-state index contributed by atoms with van der Waals surface area (Å²) in [6.07, 6.45) is 4.69. The molecule has 5 nitrogen and oxygen atoms in total. The maximum atomic E-state index is 4.62. The van der Waals surface area contributed by atoms with Crippen molar-refractivity contribution in [3.63, 3.8) is 0 Å². The van der Waals surface area contributed by atoms with Gasteiger partial charge in [-0.15, -0.1) is 0 Å². The lowest BCUT2D eigenvalue weighted by Gasteiger charge is -1.98. The van der Waals surface area contributed by atoms with Crippen LogP contribution >= 0.6 is 0 Å². The van der Waals surface area contributed by atoms with E-state index in [9.17, 15) is 0 Å². The van der Waals surface area contributed by atoms with Gasteiger partial charge in [0.1, 0.15) is 11.5 Å². The highest BCUT2D eigenvalue weighted by Crippen LogP contribution is 2.19. The number of imidazole rings is 1. The van der Waals surface area contributed by atoms with Gasteiger partial charge in [0, 0.05) is 19.7 Å². The van der Waals surface area contributed by atoms with Gasteiger partial charge in [0.05, 0.1) is 22.9 Å². The number of hydrogen-bond acceptors (Lipinski definition) is 3. The van der Waals surface area contributed by atoms with E-state index in [1.54, 1.807) is 4.68 Å². The van der Waals surface area contributed by atoms with Crippen LogP contribution in [0, 0.1) is 5.92 Å². The smallest absolute Gasteiger partial charge is 0.111 e. The molecule has 0 aliphatic rings. The lowest BCUT2D eigenvalue weighted by atomic mass is 10.1. The summed E-state index contributed by atoms with van der Waals surface area (Å²) < 4.78 is 1.77. The number of hydrogen-bond donors (Lipinski definition) is 1. The van der Waals surface area contributed by atoms with E-state index in [2.05, 4.69) is 33.9 Å². The molecule has 3 aromatic rings. The average molecular weight is 255 g/mol. The third kappa shape index (κ3) is 2.36. The Bertz CT molecular complexity index is 708. The minimum absolute atomic E-state index is 0.587. The van der Waals surface area contributed by atoms with E-state index in [-0.39, 0.29) is 0 Å². The topological polar surface area (TPSA) is 59.4 Å². The highest BCUT2D eigenvalue weighted by molar-refractivity contribution is 5.78. The van der Waals surface area contributed by atoms with E-state index in [4.69, 9.17) is 0 Å². The first-order valence-electron chi connectivity index (χ1n) is 6.46. The average Bonchev–Trinajstić information content (AvgIpc) is 2.92. The Labute approximate surface area is 111 Å². The highest BCUT2D eigenvalue weighted by Gasteiger charge is 2.08. The van der Waals surface area contributed by atoms with Gasteiger partial charge < -0.3 is 4.98 Å². The van der Waals surface area contributed by atoms with Crippen LogP contribution in [0.15, 0.2) is 24.5 Å². The molecule has 0 fully saturated rings. The van der Waals surface area contributed by atoms with Gasteiger partial charge in [0.2, 0.25) is 0 Å². The second-order valence-corrected chi connectivity index (χ2v) is 5.24. The number of nitrogens with zero attached hydrogens (tertiary/aromatic N) is 4. The molecular weight excluding hydrogens is 238 g/mol. The molecule has 19 heavy (non-hydrogen) atoms. The molecule has 0 aliphatic heterocycles. The molecule has 0 aromatic carbocycles. The summed E-state index contributed by atoms with van der Waals surface area (Å²) in [5.74, 6) is 1.61. The number of aromatic amines is 1. The Hall–Kier alpha value is -2.17. The van der Waals surface area contributed by atoms with Crippen molar-refractivity contribution in [3.05, 3.63) is 30.4 Å². The molecular formula is C14H17N5. The van der Waals surface area contributed by atoms with Crippen molar-refractivity contribution in [2.75, 3.05) is 0 Å². The number of H-pyrrole nitrogens is 1. The van der Waals surface area contributed by atoms with E-state index in [0.29, 0.717) is 5.92 Å². The molecule has 0 bridgehead atoms. The van der Waals surface area contributed by atoms with Crippen LogP contribution in [-0.4, -0.2) is 24.7 Å². The number of pyridine rings is 1. The Morgan fingerprint density at radius 2 is 2.16 bits per heavy atom. The number of aryl methyl sites for hydroxylation is 1. The molecule has 0 spiro atoms. The number of fused-ring (bicyclic) bond motifs is 1. The number of nitrogens with one attached hydrogen (secondary N) is 1. The summed E-state index contributed by atoms with van der Waals surface area (Å²) in [7, 11) is 1.90. The van der Waals surface area contributed by atoms with Crippen molar-refractivity contribution >= 4 is 11.0 Å². The molecule has 0 atom stereocenters. The SMILES string of the molecule is CC(C)Cc1nc2cc(-c3ccn(C)n3)ncc2[nH]1. The minimum atomic E-state index is 0.587. The van der Waals surface area contributed by atoms with Crippen molar-refractivity contribution in [2.24, 2.45) is 13.0 Å². The molecule has 3 aromatic heterocycles. The molecule has 3 heterocycles. The zero-order valence-corrected chi connectivity index (χ0v) is 11.4. The molecule has 0 unspecified atom stereocenters. The maximum absolute atomic E-state index is 4.62. The predicted molar refractivity (Wildman–Crippen MR) is 74.6 cm³/mol. The summed E-state index contributed by atoms with van der Waals surface area (Å²) in [6.45, 7) is 4.37. The van der Waals surface area contributed by atoms with Gasteiger partial charge in [-0.3, -0.25) is 9.67 Å².